The lowest BCUT2D eigenvalue weighted by Gasteiger charge is -2.28. The van der Waals surface area contributed by atoms with Gasteiger partial charge in [-0.2, -0.15) is 13.5 Å². The first-order valence-corrected chi connectivity index (χ1v) is 7.49. The molecule has 0 radical (unpaired) electrons. The average molecular weight is 325 g/mol. The van der Waals surface area contributed by atoms with Crippen molar-refractivity contribution >= 4 is 22.3 Å². The largest absolute Gasteiger partial charge is 0.418 e. The van der Waals surface area contributed by atoms with Crippen LogP contribution in [-0.4, -0.2) is 71.8 Å². The quantitative estimate of drug-likeness (QED) is 0.289. The van der Waals surface area contributed by atoms with Gasteiger partial charge in [0.1, 0.15) is 6.04 Å². The molecule has 0 spiro atoms. The van der Waals surface area contributed by atoms with E-state index in [1.807, 2.05) is 0 Å². The van der Waals surface area contributed by atoms with Crippen LogP contribution >= 0.6 is 0 Å². The van der Waals surface area contributed by atoms with E-state index in [1.54, 1.807) is 0 Å². The highest BCUT2D eigenvalue weighted by Crippen LogP contribution is 2.30. The van der Waals surface area contributed by atoms with Gasteiger partial charge in [-0.1, -0.05) is 0 Å². The summed E-state index contributed by atoms with van der Waals surface area (Å²) in [4.78, 5) is 29.7. The number of carbonyl (C=O) groups is 2. The predicted octanol–water partition coefficient (Wildman–Crippen LogP) is -1.97. The van der Waals surface area contributed by atoms with E-state index in [1.165, 1.54) is 0 Å². The van der Waals surface area contributed by atoms with Gasteiger partial charge in [-0.05, 0) is 12.8 Å². The summed E-state index contributed by atoms with van der Waals surface area (Å²) in [6, 6.07) is -2.21. The van der Waals surface area contributed by atoms with E-state index in [4.69, 9.17) is 9.66 Å². The van der Waals surface area contributed by atoms with Crippen molar-refractivity contribution in [1.82, 2.24) is 15.4 Å². The van der Waals surface area contributed by atoms with Gasteiger partial charge in [0.15, 0.2) is 0 Å². The third kappa shape index (κ3) is 3.59. The number of carbonyl (C=O) groups excluding carboxylic acids is 2. The van der Waals surface area contributed by atoms with Crippen LogP contribution in [0.25, 0.3) is 0 Å². The lowest BCUT2D eigenvalue weighted by atomic mass is 10.0. The molecule has 2 fully saturated rings. The van der Waals surface area contributed by atoms with Crippen LogP contribution in [0.4, 0.5) is 4.79 Å². The van der Waals surface area contributed by atoms with Crippen molar-refractivity contribution in [3.05, 3.63) is 0 Å². The first kappa shape index (κ1) is 15.9. The monoisotopic (exact) mass is 325 g/mol. The third-order valence-electron chi connectivity index (χ3n) is 3.17. The second-order valence-corrected chi connectivity index (χ2v) is 5.55. The highest BCUT2D eigenvalue weighted by atomic mass is 32.3. The molecule has 21 heavy (non-hydrogen) atoms. The highest BCUT2D eigenvalue weighted by molar-refractivity contribution is 7.80. The van der Waals surface area contributed by atoms with Gasteiger partial charge in [0, 0.05) is 6.54 Å². The third-order valence-corrected chi connectivity index (χ3v) is 3.52. The zero-order chi connectivity index (χ0) is 15.6. The molecule has 2 rings (SSSR count). The van der Waals surface area contributed by atoms with Crippen molar-refractivity contribution in [1.29, 1.82) is 0 Å². The van der Waals surface area contributed by atoms with E-state index in [9.17, 15) is 18.0 Å². The Balaban J connectivity index is 2.01. The van der Waals surface area contributed by atoms with Gasteiger partial charge in [-0.15, -0.1) is 4.28 Å². The van der Waals surface area contributed by atoms with Gasteiger partial charge in [0.2, 0.25) is 0 Å². The number of hydrogen-bond donors (Lipinski definition) is 3. The summed E-state index contributed by atoms with van der Waals surface area (Å²) in [5.74, 6) is -0.580. The van der Waals surface area contributed by atoms with E-state index < -0.39 is 34.4 Å². The number of rotatable bonds is 6. The van der Waals surface area contributed by atoms with Crippen molar-refractivity contribution in [3.63, 3.8) is 0 Å². The van der Waals surface area contributed by atoms with Crippen LogP contribution in [0.5, 0.6) is 0 Å². The van der Waals surface area contributed by atoms with Crippen LogP contribution in [-0.2, 0) is 24.3 Å². The fourth-order valence-corrected chi connectivity index (χ4v) is 2.73. The van der Waals surface area contributed by atoms with Gasteiger partial charge < -0.3 is 10.0 Å². The van der Waals surface area contributed by atoms with Gasteiger partial charge in [-0.25, -0.2) is 10.3 Å². The number of amides is 3. The number of piperidine rings is 1. The number of fused-ring (bicyclic) bond motifs is 2. The van der Waals surface area contributed by atoms with Gasteiger partial charge in [0.25, 0.3) is 5.91 Å². The minimum Gasteiger partial charge on any atom is -0.394 e. The van der Waals surface area contributed by atoms with Crippen molar-refractivity contribution in [2.75, 3.05) is 19.8 Å². The molecule has 1 unspecified atom stereocenters. The zero-order valence-electron chi connectivity index (χ0n) is 10.8. The minimum atomic E-state index is -4.81. The predicted molar refractivity (Wildman–Crippen MR) is 64.6 cm³/mol. The summed E-state index contributed by atoms with van der Waals surface area (Å²) in [6.45, 7) is -0.259. The Kier molecular flexibility index (Phi) is 4.63. The summed E-state index contributed by atoms with van der Waals surface area (Å²) >= 11 is 0. The molecule has 120 valence electrons. The van der Waals surface area contributed by atoms with Crippen LogP contribution < -0.4 is 5.48 Å². The van der Waals surface area contributed by atoms with Crippen LogP contribution in [0, 0.1) is 0 Å². The SMILES string of the molecule is O=C(NOCCO)[C@@H]1CCC2CN1C(=O)N2OS(=O)(=O)O. The van der Waals surface area contributed by atoms with Gasteiger partial charge >= 0.3 is 16.4 Å². The summed E-state index contributed by atoms with van der Waals surface area (Å²) in [5, 5.41) is 9.09. The van der Waals surface area contributed by atoms with Gasteiger partial charge in [-0.3, -0.25) is 14.2 Å². The van der Waals surface area contributed by atoms with Crippen LogP contribution in [0.1, 0.15) is 12.8 Å². The lowest BCUT2D eigenvalue weighted by molar-refractivity contribution is -0.139. The number of aliphatic hydroxyl groups is 1. The van der Waals surface area contributed by atoms with E-state index in [2.05, 4.69) is 14.6 Å². The topological polar surface area (TPSA) is 146 Å². The minimum absolute atomic E-state index is 0.0903. The van der Waals surface area contributed by atoms with Crippen LogP contribution in [0.15, 0.2) is 0 Å². The highest BCUT2D eigenvalue weighted by Gasteiger charge is 2.49. The summed E-state index contributed by atoms with van der Waals surface area (Å²) in [5.41, 5.74) is 2.10. The molecule has 2 aliphatic rings. The summed E-state index contributed by atoms with van der Waals surface area (Å²) in [7, 11) is -4.81. The number of hydrogen-bond acceptors (Lipinski definition) is 7. The number of hydroxylamine groups is 3. The summed E-state index contributed by atoms with van der Waals surface area (Å²) < 4.78 is 34.3. The molecule has 3 N–H and O–H groups in total. The number of urea groups is 1. The molecule has 0 aromatic rings. The molecule has 0 saturated carbocycles. The van der Waals surface area contributed by atoms with Crippen molar-refractivity contribution < 1.29 is 36.8 Å². The molecular weight excluding hydrogens is 310 g/mol. The zero-order valence-corrected chi connectivity index (χ0v) is 11.7. The molecule has 0 aromatic carbocycles. The smallest absolute Gasteiger partial charge is 0.394 e. The first-order valence-electron chi connectivity index (χ1n) is 6.13. The van der Waals surface area contributed by atoms with E-state index in [0.717, 1.165) is 4.90 Å². The van der Waals surface area contributed by atoms with E-state index >= 15 is 0 Å². The average Bonchev–Trinajstić information content (AvgIpc) is 2.63. The van der Waals surface area contributed by atoms with Crippen molar-refractivity contribution in [2.45, 2.75) is 24.9 Å². The summed E-state index contributed by atoms with van der Waals surface area (Å²) in [6.07, 6.45) is 0.617. The Morgan fingerprint density at radius 1 is 1.43 bits per heavy atom. The number of aliphatic hydroxyl groups excluding tert-OH is 1. The normalized spacial score (nSPS) is 25.3. The maximum Gasteiger partial charge on any atom is 0.418 e. The molecule has 12 heteroatoms. The Morgan fingerprint density at radius 2 is 2.14 bits per heavy atom. The lowest BCUT2D eigenvalue weighted by Crippen LogP contribution is -2.49. The van der Waals surface area contributed by atoms with E-state index in [0.29, 0.717) is 11.5 Å². The van der Waals surface area contributed by atoms with Crippen molar-refractivity contribution in [3.8, 4) is 0 Å². The molecule has 0 aliphatic carbocycles. The first-order chi connectivity index (χ1) is 9.83. The Morgan fingerprint density at radius 3 is 2.76 bits per heavy atom. The maximum absolute atomic E-state index is 12.0. The fourth-order valence-electron chi connectivity index (χ4n) is 2.34. The molecule has 2 bridgehead atoms. The Hall–Kier alpha value is -1.47. The Labute approximate surface area is 120 Å². The van der Waals surface area contributed by atoms with Crippen LogP contribution in [0.2, 0.25) is 0 Å². The number of nitrogens with one attached hydrogen (secondary N) is 1. The van der Waals surface area contributed by atoms with Gasteiger partial charge in [0.05, 0.1) is 19.3 Å². The standard InChI is InChI=1S/C9H15N3O8S/c13-3-4-19-10-8(14)7-2-1-6-5-11(7)9(15)12(6)20-21(16,17)18/h6-7,13H,1-5H2,(H,10,14)(H,16,17,18)/t6?,7-/m0/s1. The molecule has 2 heterocycles. The molecule has 11 nitrogen and oxygen atoms in total. The molecular formula is C9H15N3O8S. The molecule has 0 aromatic heterocycles. The Bertz CT molecular complexity index is 523. The molecule has 2 saturated heterocycles. The molecule has 3 amide bonds. The maximum atomic E-state index is 12.0. The number of nitrogens with zero attached hydrogens (tertiary/aromatic N) is 2. The molecule has 2 atom stereocenters. The van der Waals surface area contributed by atoms with E-state index in [-0.39, 0.29) is 26.2 Å². The second-order valence-electron chi connectivity index (χ2n) is 4.55. The van der Waals surface area contributed by atoms with Crippen molar-refractivity contribution in [2.24, 2.45) is 0 Å². The van der Waals surface area contributed by atoms with Crippen LogP contribution in [0.3, 0.4) is 0 Å². The second kappa shape index (κ2) is 6.11. The fraction of sp³-hybridized carbons (Fsp3) is 0.778. The molecule has 2 aliphatic heterocycles.